The number of anilines is 1. The fraction of sp³-hybridized carbons (Fsp3) is 0.556. The molecule has 0 aliphatic carbocycles. The van der Waals surface area contributed by atoms with E-state index >= 15 is 0 Å². The Morgan fingerprint density at radius 2 is 1.08 bits per heavy atom. The zero-order chi connectivity index (χ0) is 31.3. The van der Waals surface area contributed by atoms with Crippen molar-refractivity contribution in [1.29, 1.82) is 0 Å². The van der Waals surface area contributed by atoms with Crippen molar-refractivity contribution < 1.29 is 84.6 Å². The predicted octanol–water partition coefficient (Wildman–Crippen LogP) is 7.08. The first kappa shape index (κ1) is 34.4. The molecule has 21 heteroatoms. The van der Waals surface area contributed by atoms with E-state index in [-0.39, 0.29) is 0 Å². The van der Waals surface area contributed by atoms with E-state index in [1.807, 2.05) is 0 Å². The van der Waals surface area contributed by atoms with E-state index in [1.54, 1.807) is 0 Å². The highest BCUT2D eigenvalue weighted by Crippen LogP contribution is 2.64. The second-order valence-electron chi connectivity index (χ2n) is 7.24. The standard InChI is InChI=1S/C18H10ClF16NO3/c1-2-39-9(37)7-5-3-4-6-8(7)36-10(38)11(20,21)12(22,23)13(24,25)14(26,27)15(28,29)16(30,31)17(32,33)18(19,34)35/h3-6H,2H2,1H3,(H,36,38). The van der Waals surface area contributed by atoms with Crippen LogP contribution in [0, 0.1) is 0 Å². The van der Waals surface area contributed by atoms with Crippen molar-refractivity contribution >= 4 is 29.2 Å². The van der Waals surface area contributed by atoms with Crippen molar-refractivity contribution in [1.82, 2.24) is 0 Å². The summed E-state index contributed by atoms with van der Waals surface area (Å²) in [5, 5.41) is -6.19. The van der Waals surface area contributed by atoms with Crippen LogP contribution in [-0.4, -0.2) is 65.3 Å². The third-order valence-electron chi connectivity index (χ3n) is 4.68. The second kappa shape index (κ2) is 10.1. The minimum absolute atomic E-state index is 0.413. The molecule has 0 heterocycles. The topological polar surface area (TPSA) is 55.4 Å². The summed E-state index contributed by atoms with van der Waals surface area (Å²) in [6, 6.07) is 2.88. The van der Waals surface area contributed by atoms with Gasteiger partial charge in [0.05, 0.1) is 17.9 Å². The third-order valence-corrected chi connectivity index (χ3v) is 4.92. The maximum absolute atomic E-state index is 14.1. The van der Waals surface area contributed by atoms with Gasteiger partial charge in [0.2, 0.25) is 0 Å². The summed E-state index contributed by atoms with van der Waals surface area (Å²) in [4.78, 5) is 23.4. The summed E-state index contributed by atoms with van der Waals surface area (Å²) in [5.74, 6) is -62.8. The van der Waals surface area contributed by atoms with Crippen molar-refractivity contribution in [3.05, 3.63) is 29.8 Å². The van der Waals surface area contributed by atoms with Gasteiger partial charge in [0.25, 0.3) is 0 Å². The quantitative estimate of drug-likeness (QED) is 0.162. The number of amides is 1. The van der Waals surface area contributed by atoms with E-state index in [9.17, 15) is 79.8 Å². The molecular formula is C18H10ClF16NO3. The molecule has 1 aromatic carbocycles. The van der Waals surface area contributed by atoms with Gasteiger partial charge in [-0.3, -0.25) is 4.79 Å². The minimum atomic E-state index is -8.70. The van der Waals surface area contributed by atoms with Crippen molar-refractivity contribution in [2.24, 2.45) is 0 Å². The van der Waals surface area contributed by atoms with Crippen LogP contribution in [0.3, 0.4) is 0 Å². The lowest BCUT2D eigenvalue weighted by Crippen LogP contribution is -2.75. The Morgan fingerprint density at radius 3 is 1.49 bits per heavy atom. The third kappa shape index (κ3) is 5.03. The van der Waals surface area contributed by atoms with E-state index in [4.69, 9.17) is 0 Å². The van der Waals surface area contributed by atoms with Gasteiger partial charge in [-0.15, -0.1) is 0 Å². The fourth-order valence-electron chi connectivity index (χ4n) is 2.49. The van der Waals surface area contributed by atoms with Crippen molar-refractivity contribution in [3.63, 3.8) is 0 Å². The Labute approximate surface area is 210 Å². The van der Waals surface area contributed by atoms with Gasteiger partial charge in [-0.2, -0.15) is 70.2 Å². The molecule has 0 atom stereocenters. The van der Waals surface area contributed by atoms with Crippen LogP contribution in [0.15, 0.2) is 24.3 Å². The molecule has 1 amide bonds. The van der Waals surface area contributed by atoms with Gasteiger partial charge < -0.3 is 10.1 Å². The molecule has 1 rings (SSSR count). The molecule has 224 valence electrons. The highest BCUT2D eigenvalue weighted by Gasteiger charge is 2.95. The zero-order valence-corrected chi connectivity index (χ0v) is 18.9. The number of benzene rings is 1. The summed E-state index contributed by atoms with van der Waals surface area (Å²) >= 11 is 3.43. The molecular weight excluding hydrogens is 618 g/mol. The number of hydrogen-bond acceptors (Lipinski definition) is 3. The first-order valence-electron chi connectivity index (χ1n) is 9.40. The lowest BCUT2D eigenvalue weighted by molar-refractivity contribution is -0.445. The number of para-hydroxylation sites is 1. The van der Waals surface area contributed by atoms with Crippen molar-refractivity contribution in [3.8, 4) is 0 Å². The summed E-state index contributed by atoms with van der Waals surface area (Å²) in [6.45, 7) is 0.781. The first-order chi connectivity index (χ1) is 17.1. The molecule has 0 unspecified atom stereocenters. The van der Waals surface area contributed by atoms with Crippen LogP contribution < -0.4 is 5.32 Å². The molecule has 0 saturated carbocycles. The maximum Gasteiger partial charge on any atom is 0.393 e. The molecule has 0 aromatic heterocycles. The van der Waals surface area contributed by atoms with E-state index in [1.165, 1.54) is 6.92 Å². The van der Waals surface area contributed by atoms with Crippen LogP contribution in [0.2, 0.25) is 0 Å². The maximum atomic E-state index is 14.1. The number of rotatable bonds is 11. The lowest BCUT2D eigenvalue weighted by atomic mass is 9.89. The molecule has 0 saturated heterocycles. The highest BCUT2D eigenvalue weighted by molar-refractivity contribution is 6.22. The molecule has 1 N–H and O–H groups in total. The first-order valence-corrected chi connectivity index (χ1v) is 9.78. The Kier molecular flexibility index (Phi) is 8.86. The molecule has 1 aromatic rings. The van der Waals surface area contributed by atoms with Gasteiger partial charge in [-0.05, 0) is 30.7 Å². The van der Waals surface area contributed by atoms with Crippen LogP contribution in [0.4, 0.5) is 75.9 Å². The number of alkyl halides is 17. The van der Waals surface area contributed by atoms with E-state index in [2.05, 4.69) is 16.3 Å². The van der Waals surface area contributed by atoms with Crippen molar-refractivity contribution in [2.45, 2.75) is 53.8 Å². The van der Waals surface area contributed by atoms with Gasteiger partial charge >= 0.3 is 58.7 Å². The number of carbonyl (C=O) groups is 2. The molecule has 39 heavy (non-hydrogen) atoms. The van der Waals surface area contributed by atoms with Gasteiger partial charge in [-0.1, -0.05) is 12.1 Å². The minimum Gasteiger partial charge on any atom is -0.462 e. The number of ether oxygens (including phenoxy) is 1. The molecule has 0 aliphatic rings. The number of hydrogen-bond donors (Lipinski definition) is 1. The molecule has 0 radical (unpaired) electrons. The van der Waals surface area contributed by atoms with E-state index < -0.39 is 76.6 Å². The molecule has 0 bridgehead atoms. The summed E-state index contributed by atoms with van der Waals surface area (Å²) in [5.41, 5.74) is -2.16. The average Bonchev–Trinajstić information content (AvgIpc) is 2.77. The monoisotopic (exact) mass is 627 g/mol. The normalized spacial score (nSPS) is 14.7. The van der Waals surface area contributed by atoms with E-state index in [0.717, 1.165) is 12.1 Å². The van der Waals surface area contributed by atoms with Gasteiger partial charge in [0, 0.05) is 0 Å². The zero-order valence-electron chi connectivity index (χ0n) is 18.2. The summed E-state index contributed by atoms with van der Waals surface area (Å²) in [6.07, 6.45) is 0. The smallest absolute Gasteiger partial charge is 0.393 e. The Balaban J connectivity index is 3.61. The number of carbonyl (C=O) groups excluding carboxylic acids is 2. The lowest BCUT2D eigenvalue weighted by Gasteiger charge is -2.42. The number of nitrogens with one attached hydrogen (secondary N) is 1. The molecule has 0 aliphatic heterocycles. The molecule has 4 nitrogen and oxygen atoms in total. The Morgan fingerprint density at radius 1 is 0.692 bits per heavy atom. The van der Waals surface area contributed by atoms with Gasteiger partial charge in [-0.25, -0.2) is 4.79 Å². The van der Waals surface area contributed by atoms with E-state index in [0.29, 0.717) is 17.4 Å². The van der Waals surface area contributed by atoms with Gasteiger partial charge in [0.15, 0.2) is 0 Å². The Bertz CT molecular complexity index is 1090. The highest BCUT2D eigenvalue weighted by atomic mass is 35.5. The molecule has 0 spiro atoms. The second-order valence-corrected chi connectivity index (χ2v) is 7.71. The van der Waals surface area contributed by atoms with Crippen LogP contribution in [0.1, 0.15) is 17.3 Å². The van der Waals surface area contributed by atoms with Crippen LogP contribution in [0.5, 0.6) is 0 Å². The molecule has 0 fully saturated rings. The van der Waals surface area contributed by atoms with Crippen LogP contribution >= 0.6 is 11.6 Å². The van der Waals surface area contributed by atoms with Crippen molar-refractivity contribution in [2.75, 3.05) is 11.9 Å². The van der Waals surface area contributed by atoms with Gasteiger partial charge in [0.1, 0.15) is 0 Å². The summed E-state index contributed by atoms with van der Waals surface area (Å²) in [7, 11) is 0. The largest absolute Gasteiger partial charge is 0.462 e. The fourth-order valence-corrected chi connectivity index (χ4v) is 2.60. The average molecular weight is 628 g/mol. The predicted molar refractivity (Wildman–Crippen MR) is 96.5 cm³/mol. The van der Waals surface area contributed by atoms with Crippen LogP contribution in [0.25, 0.3) is 0 Å². The number of halogens is 17. The SMILES string of the molecule is CCOC(=O)c1ccccc1NC(=O)C(F)(F)C(F)(F)C(F)(F)C(F)(F)C(F)(F)C(F)(F)C(F)(F)C(F)(F)Cl. The van der Waals surface area contributed by atoms with Crippen LogP contribution in [-0.2, 0) is 9.53 Å². The number of esters is 1. The summed E-state index contributed by atoms with van der Waals surface area (Å²) < 4.78 is 221. The Hall–Kier alpha value is -2.67.